The van der Waals surface area contributed by atoms with Gasteiger partial charge in [0.05, 0.1) is 11.0 Å². The Morgan fingerprint density at radius 3 is 2.85 bits per heavy atom. The summed E-state index contributed by atoms with van der Waals surface area (Å²) >= 11 is 12.4. The molecular formula is C15H16Cl2N2O. The normalized spacial score (nSPS) is 28.1. The molecular weight excluding hydrogens is 295 g/mol. The van der Waals surface area contributed by atoms with E-state index in [1.165, 1.54) is 0 Å². The van der Waals surface area contributed by atoms with Crippen LogP contribution in [0.15, 0.2) is 24.3 Å². The number of rotatable bonds is 3. The van der Waals surface area contributed by atoms with Crippen molar-refractivity contribution in [2.45, 2.75) is 36.2 Å². The number of hydrogen-bond donors (Lipinski definition) is 0. The highest BCUT2D eigenvalue weighted by molar-refractivity contribution is 6.50. The monoisotopic (exact) mass is 310 g/mol. The molecule has 2 heterocycles. The Morgan fingerprint density at radius 1 is 1.35 bits per heavy atom. The minimum atomic E-state index is -0.556. The van der Waals surface area contributed by atoms with Crippen LogP contribution in [0.4, 0.5) is 0 Å². The van der Waals surface area contributed by atoms with E-state index in [-0.39, 0.29) is 6.10 Å². The van der Waals surface area contributed by atoms with Gasteiger partial charge in [0.15, 0.2) is 0 Å². The van der Waals surface area contributed by atoms with Gasteiger partial charge in [0, 0.05) is 19.1 Å². The number of aromatic nitrogens is 2. The molecule has 0 radical (unpaired) electrons. The molecule has 2 aromatic rings. The molecule has 0 bridgehead atoms. The van der Waals surface area contributed by atoms with Crippen LogP contribution in [-0.4, -0.2) is 20.5 Å². The zero-order valence-corrected chi connectivity index (χ0v) is 12.6. The molecule has 1 aliphatic carbocycles. The van der Waals surface area contributed by atoms with E-state index < -0.39 is 4.33 Å². The number of hydrogen-bond acceptors (Lipinski definition) is 2. The van der Waals surface area contributed by atoms with Crippen LogP contribution in [0.2, 0.25) is 0 Å². The van der Waals surface area contributed by atoms with Crippen LogP contribution in [0.25, 0.3) is 11.0 Å². The number of benzene rings is 1. The van der Waals surface area contributed by atoms with Crippen LogP contribution in [0.1, 0.15) is 31.2 Å². The predicted octanol–water partition coefficient (Wildman–Crippen LogP) is 4.08. The second-order valence-electron chi connectivity index (χ2n) is 5.73. The topological polar surface area (TPSA) is 27.1 Å². The third kappa shape index (κ3) is 2.12. The first-order valence-electron chi connectivity index (χ1n) is 7.10. The number of nitrogens with zero attached hydrogens (tertiary/aromatic N) is 2. The third-order valence-electron chi connectivity index (χ3n) is 4.26. The van der Waals surface area contributed by atoms with E-state index in [9.17, 15) is 0 Å². The molecule has 20 heavy (non-hydrogen) atoms. The van der Waals surface area contributed by atoms with Crippen molar-refractivity contribution >= 4 is 34.2 Å². The lowest BCUT2D eigenvalue weighted by Crippen LogP contribution is -2.11. The maximum Gasteiger partial charge on any atom is 0.139 e. The van der Waals surface area contributed by atoms with E-state index >= 15 is 0 Å². The van der Waals surface area contributed by atoms with Gasteiger partial charge in [-0.2, -0.15) is 0 Å². The van der Waals surface area contributed by atoms with Crippen molar-refractivity contribution in [1.82, 2.24) is 9.55 Å². The number of halogens is 2. The molecule has 1 aliphatic heterocycles. The summed E-state index contributed by atoms with van der Waals surface area (Å²) in [5.41, 5.74) is 2.17. The first-order valence-corrected chi connectivity index (χ1v) is 7.85. The summed E-state index contributed by atoms with van der Waals surface area (Å²) in [6, 6.07) is 8.21. The molecule has 0 N–H and O–H groups in total. The van der Waals surface area contributed by atoms with Crippen LogP contribution < -0.4 is 0 Å². The van der Waals surface area contributed by atoms with Gasteiger partial charge in [0.2, 0.25) is 0 Å². The average molecular weight is 311 g/mol. The molecule has 0 unspecified atom stereocenters. The second kappa shape index (κ2) is 4.62. The average Bonchev–Trinajstić information content (AvgIpc) is 2.87. The molecule has 1 saturated heterocycles. The molecule has 1 aromatic heterocycles. The molecule has 5 heteroatoms. The molecule has 4 rings (SSSR count). The van der Waals surface area contributed by atoms with Crippen molar-refractivity contribution in [3.05, 3.63) is 30.1 Å². The number of alkyl halides is 2. The summed E-state index contributed by atoms with van der Waals surface area (Å²) in [4.78, 5) is 4.78. The van der Waals surface area contributed by atoms with E-state index in [4.69, 9.17) is 32.9 Å². The summed E-state index contributed by atoms with van der Waals surface area (Å²) in [5.74, 6) is 1.34. The van der Waals surface area contributed by atoms with E-state index in [1.54, 1.807) is 0 Å². The van der Waals surface area contributed by atoms with Crippen LogP contribution in [0.5, 0.6) is 0 Å². The van der Waals surface area contributed by atoms with Crippen molar-refractivity contribution in [2.24, 2.45) is 5.92 Å². The highest BCUT2D eigenvalue weighted by Crippen LogP contribution is 2.54. The minimum Gasteiger partial charge on any atom is -0.370 e. The quantitative estimate of drug-likeness (QED) is 0.799. The summed E-state index contributed by atoms with van der Waals surface area (Å²) in [6.45, 7) is 1.65. The maximum absolute atomic E-state index is 6.19. The molecule has 2 atom stereocenters. The van der Waals surface area contributed by atoms with Crippen molar-refractivity contribution < 1.29 is 4.74 Å². The largest absolute Gasteiger partial charge is 0.370 e. The Kier molecular flexibility index (Phi) is 2.99. The van der Waals surface area contributed by atoms with E-state index in [0.717, 1.165) is 49.3 Å². The molecule has 1 saturated carbocycles. The van der Waals surface area contributed by atoms with Crippen LogP contribution in [-0.2, 0) is 11.3 Å². The van der Waals surface area contributed by atoms with E-state index in [0.29, 0.717) is 5.92 Å². The van der Waals surface area contributed by atoms with Crippen molar-refractivity contribution in [3.63, 3.8) is 0 Å². The van der Waals surface area contributed by atoms with Gasteiger partial charge in [0.25, 0.3) is 0 Å². The zero-order chi connectivity index (χ0) is 13.7. The van der Waals surface area contributed by atoms with E-state index in [2.05, 4.69) is 10.6 Å². The molecule has 2 fully saturated rings. The Hall–Kier alpha value is -0.770. The standard InChI is InChI=1S/C15H16Cl2N2O/c16-15(17)8-10(15)9-19-12-5-2-1-4-11(12)18-14(19)13-6-3-7-20-13/h1-2,4-5,10,13H,3,6-9H2/t10-,13+/m0/s1. The SMILES string of the molecule is ClC1(Cl)C[C@H]1Cn1c([C@H]2CCCO2)nc2ccccc21. The second-order valence-corrected chi connectivity index (χ2v) is 7.28. The minimum absolute atomic E-state index is 0.112. The lowest BCUT2D eigenvalue weighted by Gasteiger charge is -2.13. The Labute approximate surface area is 127 Å². The first-order chi connectivity index (χ1) is 9.65. The van der Waals surface area contributed by atoms with Gasteiger partial charge in [-0.05, 0) is 31.4 Å². The zero-order valence-electron chi connectivity index (χ0n) is 11.1. The number of ether oxygens (including phenoxy) is 1. The lowest BCUT2D eigenvalue weighted by molar-refractivity contribution is 0.102. The number of fused-ring (bicyclic) bond motifs is 1. The molecule has 3 nitrogen and oxygen atoms in total. The van der Waals surface area contributed by atoms with Crippen LogP contribution >= 0.6 is 23.2 Å². The molecule has 106 valence electrons. The maximum atomic E-state index is 6.19. The van der Waals surface area contributed by atoms with Gasteiger partial charge in [-0.1, -0.05) is 12.1 Å². The highest BCUT2D eigenvalue weighted by Gasteiger charge is 2.52. The lowest BCUT2D eigenvalue weighted by atomic mass is 10.2. The highest BCUT2D eigenvalue weighted by atomic mass is 35.5. The Balaban J connectivity index is 1.76. The molecule has 0 amide bonds. The summed E-state index contributed by atoms with van der Waals surface area (Å²) in [5, 5.41) is 0. The molecule has 0 spiro atoms. The summed E-state index contributed by atoms with van der Waals surface area (Å²) in [7, 11) is 0. The van der Waals surface area contributed by atoms with Crippen molar-refractivity contribution in [1.29, 1.82) is 0 Å². The Bertz CT molecular complexity index is 646. The first kappa shape index (κ1) is 12.9. The van der Waals surface area contributed by atoms with Crippen molar-refractivity contribution in [3.8, 4) is 0 Å². The van der Waals surface area contributed by atoms with Crippen LogP contribution in [0.3, 0.4) is 0 Å². The summed E-state index contributed by atoms with van der Waals surface area (Å²) in [6.07, 6.45) is 3.11. The number of para-hydroxylation sites is 2. The molecule has 1 aromatic carbocycles. The van der Waals surface area contributed by atoms with Gasteiger partial charge in [-0.15, -0.1) is 23.2 Å². The Morgan fingerprint density at radius 2 is 2.15 bits per heavy atom. The fourth-order valence-electron chi connectivity index (χ4n) is 3.00. The van der Waals surface area contributed by atoms with E-state index in [1.807, 2.05) is 18.2 Å². The van der Waals surface area contributed by atoms with Gasteiger partial charge >= 0.3 is 0 Å². The third-order valence-corrected chi connectivity index (χ3v) is 5.19. The van der Waals surface area contributed by atoms with Crippen LogP contribution in [0, 0.1) is 5.92 Å². The fraction of sp³-hybridized carbons (Fsp3) is 0.533. The smallest absolute Gasteiger partial charge is 0.139 e. The predicted molar refractivity (Wildman–Crippen MR) is 80.2 cm³/mol. The summed E-state index contributed by atoms with van der Waals surface area (Å²) < 4.78 is 7.51. The van der Waals surface area contributed by atoms with Gasteiger partial charge in [0.1, 0.15) is 16.3 Å². The van der Waals surface area contributed by atoms with Crippen molar-refractivity contribution in [2.75, 3.05) is 6.61 Å². The van der Waals surface area contributed by atoms with Gasteiger partial charge in [-0.25, -0.2) is 4.98 Å². The fourth-order valence-corrected chi connectivity index (χ4v) is 3.51. The van der Waals surface area contributed by atoms with Gasteiger partial charge < -0.3 is 9.30 Å². The molecule has 2 aliphatic rings. The van der Waals surface area contributed by atoms with Gasteiger partial charge in [-0.3, -0.25) is 0 Å². The number of imidazole rings is 1.